The lowest BCUT2D eigenvalue weighted by Gasteiger charge is -2.50. The summed E-state index contributed by atoms with van der Waals surface area (Å²) < 4.78 is 4.89. The van der Waals surface area contributed by atoms with Crippen molar-refractivity contribution in [2.45, 2.75) is 19.9 Å². The van der Waals surface area contributed by atoms with E-state index in [-0.39, 0.29) is 24.2 Å². The fourth-order valence-electron chi connectivity index (χ4n) is 1.62. The number of rotatable bonds is 2. The number of terminal acetylenes is 1. The van der Waals surface area contributed by atoms with Gasteiger partial charge in [0.25, 0.3) is 0 Å². The van der Waals surface area contributed by atoms with Gasteiger partial charge in [-0.15, -0.1) is 6.42 Å². The molecule has 1 amide bonds. The van der Waals surface area contributed by atoms with Crippen molar-refractivity contribution in [2.24, 2.45) is 5.41 Å². The lowest BCUT2D eigenvalue weighted by Crippen LogP contribution is -2.63. The SMILES string of the molecule is C#CC1N(C(=O)OCC=C)CC1(C)C. The smallest absolute Gasteiger partial charge is 0.411 e. The molecule has 1 aliphatic heterocycles. The number of amides is 1. The van der Waals surface area contributed by atoms with Crippen LogP contribution in [0.1, 0.15) is 13.8 Å². The largest absolute Gasteiger partial charge is 0.445 e. The molecule has 3 heteroatoms. The van der Waals surface area contributed by atoms with Crippen molar-refractivity contribution in [2.75, 3.05) is 13.2 Å². The molecule has 1 unspecified atom stereocenters. The minimum atomic E-state index is -0.354. The molecular weight excluding hydrogens is 178 g/mol. The summed E-state index contributed by atoms with van der Waals surface area (Å²) in [6.45, 7) is 8.42. The molecule has 0 N–H and O–H groups in total. The maximum atomic E-state index is 11.4. The van der Waals surface area contributed by atoms with Crippen LogP contribution in [-0.2, 0) is 4.74 Å². The molecule has 0 aliphatic carbocycles. The molecule has 1 fully saturated rings. The van der Waals surface area contributed by atoms with Gasteiger partial charge in [-0.3, -0.25) is 4.90 Å². The lowest BCUT2D eigenvalue weighted by molar-refractivity contribution is -0.0117. The van der Waals surface area contributed by atoms with E-state index in [0.717, 1.165) is 0 Å². The third kappa shape index (κ3) is 1.74. The maximum Gasteiger partial charge on any atom is 0.411 e. The number of ether oxygens (including phenoxy) is 1. The molecule has 0 aromatic rings. The molecule has 0 aromatic carbocycles. The number of nitrogens with zero attached hydrogens (tertiary/aromatic N) is 1. The molecule has 0 aromatic heterocycles. The van der Waals surface area contributed by atoms with Crippen LogP contribution in [0.5, 0.6) is 0 Å². The zero-order chi connectivity index (χ0) is 10.8. The second-order valence-corrected chi connectivity index (χ2v) is 4.05. The van der Waals surface area contributed by atoms with E-state index in [1.165, 1.54) is 6.08 Å². The van der Waals surface area contributed by atoms with E-state index in [9.17, 15) is 4.79 Å². The van der Waals surface area contributed by atoms with Gasteiger partial charge in [-0.1, -0.05) is 32.4 Å². The van der Waals surface area contributed by atoms with Crippen LogP contribution in [0.2, 0.25) is 0 Å². The minimum absolute atomic E-state index is 0.00193. The Labute approximate surface area is 84.7 Å². The molecule has 76 valence electrons. The quantitative estimate of drug-likeness (QED) is 0.493. The first-order valence-electron chi connectivity index (χ1n) is 4.53. The molecule has 1 saturated heterocycles. The van der Waals surface area contributed by atoms with Crippen LogP contribution in [0, 0.1) is 17.8 Å². The van der Waals surface area contributed by atoms with E-state index >= 15 is 0 Å². The van der Waals surface area contributed by atoms with Gasteiger partial charge in [0.05, 0.1) is 0 Å². The van der Waals surface area contributed by atoms with Gasteiger partial charge in [0.2, 0.25) is 0 Å². The minimum Gasteiger partial charge on any atom is -0.445 e. The second-order valence-electron chi connectivity index (χ2n) is 4.05. The first kappa shape index (κ1) is 10.6. The molecule has 0 saturated carbocycles. The second kappa shape index (κ2) is 3.75. The first-order valence-corrected chi connectivity index (χ1v) is 4.53. The molecule has 0 radical (unpaired) electrons. The van der Waals surface area contributed by atoms with Crippen LogP contribution in [0.4, 0.5) is 4.79 Å². The Hall–Kier alpha value is -1.43. The van der Waals surface area contributed by atoms with E-state index in [1.54, 1.807) is 4.90 Å². The molecule has 1 heterocycles. The highest BCUT2D eigenvalue weighted by Crippen LogP contribution is 2.36. The van der Waals surface area contributed by atoms with E-state index in [2.05, 4.69) is 12.5 Å². The van der Waals surface area contributed by atoms with Crippen molar-refractivity contribution < 1.29 is 9.53 Å². The fourth-order valence-corrected chi connectivity index (χ4v) is 1.62. The van der Waals surface area contributed by atoms with Gasteiger partial charge in [-0.25, -0.2) is 4.79 Å². The highest BCUT2D eigenvalue weighted by Gasteiger charge is 2.47. The maximum absolute atomic E-state index is 11.4. The van der Waals surface area contributed by atoms with E-state index in [4.69, 9.17) is 11.2 Å². The van der Waals surface area contributed by atoms with Gasteiger partial charge < -0.3 is 4.74 Å². The van der Waals surface area contributed by atoms with Crippen molar-refractivity contribution in [3.8, 4) is 12.3 Å². The summed E-state index contributed by atoms with van der Waals surface area (Å²) in [7, 11) is 0. The number of carbonyl (C=O) groups excluding carboxylic acids is 1. The fraction of sp³-hybridized carbons (Fsp3) is 0.545. The van der Waals surface area contributed by atoms with Crippen LogP contribution in [0.3, 0.4) is 0 Å². The summed E-state index contributed by atoms with van der Waals surface area (Å²) >= 11 is 0. The predicted molar refractivity (Wildman–Crippen MR) is 54.7 cm³/mol. The average Bonchev–Trinajstić information content (AvgIpc) is 2.11. The Morgan fingerprint density at radius 2 is 2.50 bits per heavy atom. The van der Waals surface area contributed by atoms with Crippen LogP contribution in [0.15, 0.2) is 12.7 Å². The van der Waals surface area contributed by atoms with Crippen molar-refractivity contribution in [1.29, 1.82) is 0 Å². The van der Waals surface area contributed by atoms with E-state index < -0.39 is 0 Å². The highest BCUT2D eigenvalue weighted by molar-refractivity contribution is 5.70. The summed E-state index contributed by atoms with van der Waals surface area (Å²) in [5, 5.41) is 0. The summed E-state index contributed by atoms with van der Waals surface area (Å²) in [5.41, 5.74) is 0.00193. The van der Waals surface area contributed by atoms with Crippen molar-refractivity contribution in [3.63, 3.8) is 0 Å². The Balaban J connectivity index is 2.53. The Morgan fingerprint density at radius 3 is 2.93 bits per heavy atom. The Morgan fingerprint density at radius 1 is 1.86 bits per heavy atom. The van der Waals surface area contributed by atoms with E-state index in [1.807, 2.05) is 13.8 Å². The molecule has 3 nitrogen and oxygen atoms in total. The van der Waals surface area contributed by atoms with Crippen molar-refractivity contribution >= 4 is 6.09 Å². The number of likely N-dealkylation sites (tertiary alicyclic amines) is 1. The molecule has 0 bridgehead atoms. The zero-order valence-corrected chi connectivity index (χ0v) is 8.62. The van der Waals surface area contributed by atoms with Gasteiger partial charge in [-0.2, -0.15) is 0 Å². The number of carbonyl (C=O) groups is 1. The first-order chi connectivity index (χ1) is 6.53. The average molecular weight is 193 g/mol. The zero-order valence-electron chi connectivity index (χ0n) is 8.62. The summed E-state index contributed by atoms with van der Waals surface area (Å²) in [6, 6.07) is -0.153. The lowest BCUT2D eigenvalue weighted by atomic mass is 9.76. The normalized spacial score (nSPS) is 23.2. The van der Waals surface area contributed by atoms with Crippen LogP contribution in [0.25, 0.3) is 0 Å². The topological polar surface area (TPSA) is 29.5 Å². The van der Waals surface area contributed by atoms with Crippen LogP contribution >= 0.6 is 0 Å². The third-order valence-corrected chi connectivity index (χ3v) is 2.35. The summed E-state index contributed by atoms with van der Waals surface area (Å²) in [6.07, 6.45) is 6.53. The Kier molecular flexibility index (Phi) is 2.85. The molecule has 1 aliphatic rings. The van der Waals surface area contributed by atoms with Gasteiger partial charge in [0.1, 0.15) is 12.6 Å². The van der Waals surface area contributed by atoms with Crippen molar-refractivity contribution in [3.05, 3.63) is 12.7 Å². The summed E-state index contributed by atoms with van der Waals surface area (Å²) in [4.78, 5) is 13.0. The third-order valence-electron chi connectivity index (χ3n) is 2.35. The summed E-state index contributed by atoms with van der Waals surface area (Å²) in [5.74, 6) is 2.60. The van der Waals surface area contributed by atoms with Crippen LogP contribution < -0.4 is 0 Å². The Bertz CT molecular complexity index is 288. The van der Waals surface area contributed by atoms with Gasteiger partial charge >= 0.3 is 6.09 Å². The monoisotopic (exact) mass is 193 g/mol. The molecule has 0 spiro atoms. The standard InChI is InChI=1S/C11H15NO2/c1-5-7-14-10(13)12-8-11(3,4)9(12)6-2/h2,5,9H,1,7-8H2,3-4H3. The number of hydrogen-bond donors (Lipinski definition) is 0. The predicted octanol–water partition coefficient (Wildman–Crippen LogP) is 1.65. The van der Waals surface area contributed by atoms with Gasteiger partial charge in [-0.05, 0) is 0 Å². The number of hydrogen-bond acceptors (Lipinski definition) is 2. The molecule has 1 atom stereocenters. The molecular formula is C11H15NO2. The highest BCUT2D eigenvalue weighted by atomic mass is 16.6. The van der Waals surface area contributed by atoms with E-state index in [0.29, 0.717) is 6.54 Å². The van der Waals surface area contributed by atoms with Crippen LogP contribution in [-0.4, -0.2) is 30.2 Å². The van der Waals surface area contributed by atoms with Crippen molar-refractivity contribution in [1.82, 2.24) is 4.90 Å². The van der Waals surface area contributed by atoms with Gasteiger partial charge in [0, 0.05) is 12.0 Å². The molecule has 14 heavy (non-hydrogen) atoms. The molecule has 1 rings (SSSR count). The van der Waals surface area contributed by atoms with Gasteiger partial charge in [0.15, 0.2) is 0 Å².